The van der Waals surface area contributed by atoms with E-state index in [0.29, 0.717) is 32.1 Å². The molecule has 4 saturated heterocycles. The van der Waals surface area contributed by atoms with Gasteiger partial charge in [0.1, 0.15) is 24.4 Å². The summed E-state index contributed by atoms with van der Waals surface area (Å²) in [4.78, 5) is 27.9. The molecule has 4 fully saturated rings. The maximum absolute atomic E-state index is 14.0. The highest BCUT2D eigenvalue weighted by Crippen LogP contribution is 2.44. The van der Waals surface area contributed by atoms with Crippen LogP contribution in [0.3, 0.4) is 0 Å². The molecule has 5 aliphatic rings. The number of ether oxygens (including phenoxy) is 9. The summed E-state index contributed by atoms with van der Waals surface area (Å²) in [6.45, 7) is 22.7. The van der Waals surface area contributed by atoms with E-state index in [0.717, 1.165) is 17.6 Å². The molecule has 0 aromatic rings. The predicted octanol–water partition coefficient (Wildman–Crippen LogP) is 7.73. The Morgan fingerprint density at radius 1 is 0.593 bits per heavy atom. The van der Waals surface area contributed by atoms with Gasteiger partial charge in [-0.15, -0.1) is 0 Å². The number of allylic oxidation sites excluding steroid dienone is 8. The standard InChI is InChI=1S/C63H102O18/c1-14-42-22-20-24-44(16-3)60(36(7)50(66)32-62(72)34-52(46(18-5)38(9)80-62)76-56-30-48(64)58(70)40(11)74-56)78-54(68)28-26-43(15-2)23-21-25-45(17-4)61(79-55(69)29-27-42)37(8)51(67)33-63(73-13)35-53(47(19-6)39(10)81-63)77-57-31-49(65)59(71)41(12)75-57/h20-29,36-41,44-53,56-61,64-67,70-72H,14-19,30-35H2,1-13H3/b24-20+,25-21+,28-26+,29-27+,42-22+,43-23+. The van der Waals surface area contributed by atoms with Crippen LogP contribution in [0.1, 0.15) is 160 Å². The van der Waals surface area contributed by atoms with Crippen LogP contribution in [0.25, 0.3) is 0 Å². The van der Waals surface area contributed by atoms with Gasteiger partial charge in [0.2, 0.25) is 0 Å². The molecule has 0 spiro atoms. The van der Waals surface area contributed by atoms with Crippen molar-refractivity contribution in [1.82, 2.24) is 0 Å². The molecule has 18 heteroatoms. The van der Waals surface area contributed by atoms with E-state index in [-0.39, 0.29) is 62.4 Å². The third-order valence-corrected chi connectivity index (χ3v) is 17.9. The predicted molar refractivity (Wildman–Crippen MR) is 304 cm³/mol. The first-order valence-corrected chi connectivity index (χ1v) is 30.2. The summed E-state index contributed by atoms with van der Waals surface area (Å²) < 4.78 is 56.4. The number of cyclic esters (lactones) is 2. The van der Waals surface area contributed by atoms with Crippen LogP contribution in [0.15, 0.2) is 71.9 Å². The number of methoxy groups -OCH3 is 1. The van der Waals surface area contributed by atoms with Crippen LogP contribution in [0.2, 0.25) is 0 Å². The van der Waals surface area contributed by atoms with Gasteiger partial charge in [-0.1, -0.05) is 104 Å². The lowest BCUT2D eigenvalue weighted by Crippen LogP contribution is -2.56. The topological polar surface area (TPSA) is 259 Å². The molecule has 7 N–H and O–H groups in total. The largest absolute Gasteiger partial charge is 0.458 e. The van der Waals surface area contributed by atoms with E-state index in [1.165, 1.54) is 19.3 Å². The molecule has 0 aliphatic carbocycles. The van der Waals surface area contributed by atoms with E-state index in [1.807, 2.05) is 98.8 Å². The molecule has 5 heterocycles. The number of rotatable bonds is 19. The Hall–Kier alpha value is -3.18. The van der Waals surface area contributed by atoms with Crippen LogP contribution < -0.4 is 0 Å². The Morgan fingerprint density at radius 3 is 1.41 bits per heavy atom. The first-order chi connectivity index (χ1) is 38.4. The smallest absolute Gasteiger partial charge is 0.331 e. The summed E-state index contributed by atoms with van der Waals surface area (Å²) >= 11 is 0. The third-order valence-electron chi connectivity index (χ3n) is 17.9. The fraction of sp³-hybridized carbons (Fsp3) is 0.778. The van der Waals surface area contributed by atoms with Crippen molar-refractivity contribution in [3.8, 4) is 0 Å². The van der Waals surface area contributed by atoms with Gasteiger partial charge in [-0.05, 0) is 77.4 Å². The second kappa shape index (κ2) is 31.8. The summed E-state index contributed by atoms with van der Waals surface area (Å²) in [6.07, 6.45) is 8.43. The number of aliphatic hydroxyl groups excluding tert-OH is 6. The molecule has 5 aliphatic heterocycles. The molecular weight excluding hydrogens is 1040 g/mol. The monoisotopic (exact) mass is 1150 g/mol. The van der Waals surface area contributed by atoms with Crippen molar-refractivity contribution in [1.29, 1.82) is 0 Å². The van der Waals surface area contributed by atoms with Gasteiger partial charge < -0.3 is 78.4 Å². The molecule has 0 radical (unpaired) electrons. The van der Waals surface area contributed by atoms with Crippen molar-refractivity contribution < 1.29 is 88.0 Å². The van der Waals surface area contributed by atoms with Gasteiger partial charge in [-0.3, -0.25) is 0 Å². The van der Waals surface area contributed by atoms with Gasteiger partial charge in [0, 0.05) is 93.3 Å². The van der Waals surface area contributed by atoms with E-state index >= 15 is 0 Å². The SMILES string of the molecule is CCC1=C\C=C\C(CC)C(C(C)C(O)CC2(OC)CC(OC3CC(O)C(O)C(C)O3)C(CC)C(C)O2)OC(=O)/C=C/C(CC)=C/C=C/C(CC)C(C(C)C(O)CC2(O)CC(OC3CC(O)C(O)C(C)O3)C(CC)C(C)O2)OC(=O)\C=C\1. The minimum Gasteiger partial charge on any atom is -0.458 e. The van der Waals surface area contributed by atoms with Crippen molar-refractivity contribution >= 4 is 11.9 Å². The first-order valence-electron chi connectivity index (χ1n) is 30.2. The Bertz CT molecular complexity index is 2120. The first kappa shape index (κ1) is 68.6. The third kappa shape index (κ3) is 18.7. The normalized spacial score (nSPS) is 43.2. The van der Waals surface area contributed by atoms with Crippen molar-refractivity contribution in [2.45, 2.75) is 270 Å². The van der Waals surface area contributed by atoms with Crippen molar-refractivity contribution in [3.63, 3.8) is 0 Å². The summed E-state index contributed by atoms with van der Waals surface area (Å²) in [5.41, 5.74) is 1.59. The molecule has 0 bridgehead atoms. The Balaban J connectivity index is 1.38. The van der Waals surface area contributed by atoms with E-state index in [9.17, 15) is 45.3 Å². The van der Waals surface area contributed by atoms with E-state index in [1.54, 1.807) is 32.9 Å². The number of carbonyl (C=O) groups is 2. The highest BCUT2D eigenvalue weighted by Gasteiger charge is 2.51. The summed E-state index contributed by atoms with van der Waals surface area (Å²) in [6, 6.07) is 0. The van der Waals surface area contributed by atoms with E-state index in [4.69, 9.17) is 42.6 Å². The van der Waals surface area contributed by atoms with E-state index < -0.39 is 133 Å². The van der Waals surface area contributed by atoms with Crippen molar-refractivity contribution in [2.75, 3.05) is 7.11 Å². The number of esters is 2. The molecule has 0 aromatic carbocycles. The van der Waals surface area contributed by atoms with E-state index in [2.05, 4.69) is 0 Å². The van der Waals surface area contributed by atoms with Crippen LogP contribution in [0, 0.1) is 35.5 Å². The van der Waals surface area contributed by atoms with Crippen LogP contribution in [-0.2, 0) is 52.2 Å². The van der Waals surface area contributed by atoms with Crippen LogP contribution in [0.4, 0.5) is 0 Å². The number of hydrogen-bond donors (Lipinski definition) is 7. The summed E-state index contributed by atoms with van der Waals surface area (Å²) in [5.74, 6) is -6.63. The zero-order valence-corrected chi connectivity index (χ0v) is 50.6. The summed E-state index contributed by atoms with van der Waals surface area (Å²) in [7, 11) is 1.53. The van der Waals surface area contributed by atoms with Gasteiger partial charge in [-0.25, -0.2) is 9.59 Å². The molecule has 5 rings (SSSR count). The second-order valence-corrected chi connectivity index (χ2v) is 23.6. The number of aliphatic hydroxyl groups is 7. The molecule has 0 aromatic heterocycles. The maximum Gasteiger partial charge on any atom is 0.331 e. The Labute approximate surface area is 482 Å². The quantitative estimate of drug-likeness (QED) is 0.0610. The minimum atomic E-state index is -1.83. The summed E-state index contributed by atoms with van der Waals surface area (Å²) in [5, 5.41) is 78.0. The zero-order valence-electron chi connectivity index (χ0n) is 50.6. The zero-order chi connectivity index (χ0) is 59.9. The molecule has 462 valence electrons. The number of carbonyl (C=O) groups excluding carboxylic acids is 2. The van der Waals surface area contributed by atoms with Crippen molar-refractivity contribution in [2.24, 2.45) is 35.5 Å². The fourth-order valence-electron chi connectivity index (χ4n) is 12.6. The number of hydrogen-bond acceptors (Lipinski definition) is 18. The maximum atomic E-state index is 14.0. The molecular formula is C63H102O18. The molecule has 24 unspecified atom stereocenters. The molecule has 24 atom stereocenters. The van der Waals surface area contributed by atoms with Crippen LogP contribution >= 0.6 is 0 Å². The molecule has 0 amide bonds. The van der Waals surface area contributed by atoms with Gasteiger partial charge in [0.05, 0.1) is 61.0 Å². The van der Waals surface area contributed by atoms with Gasteiger partial charge in [0.15, 0.2) is 24.2 Å². The minimum absolute atomic E-state index is 0.00264. The van der Waals surface area contributed by atoms with Gasteiger partial charge in [0.25, 0.3) is 0 Å². The lowest BCUT2D eigenvalue weighted by atomic mass is 9.80. The second-order valence-electron chi connectivity index (χ2n) is 23.6. The Kier molecular flexibility index (Phi) is 26.9. The molecule has 0 saturated carbocycles. The Morgan fingerprint density at radius 2 is 1.01 bits per heavy atom. The average molecular weight is 1150 g/mol. The average Bonchev–Trinajstić information content (AvgIpc) is 3.44. The lowest BCUT2D eigenvalue weighted by molar-refractivity contribution is -0.337. The highest BCUT2D eigenvalue weighted by molar-refractivity contribution is 5.83. The van der Waals surface area contributed by atoms with Crippen molar-refractivity contribution in [3.05, 3.63) is 71.9 Å². The highest BCUT2D eigenvalue weighted by atomic mass is 16.7. The van der Waals surface area contributed by atoms with Gasteiger partial charge >= 0.3 is 11.9 Å². The van der Waals surface area contributed by atoms with Crippen LogP contribution in [0.5, 0.6) is 0 Å². The molecule has 18 nitrogen and oxygen atoms in total. The van der Waals surface area contributed by atoms with Crippen LogP contribution in [-0.4, -0.2) is 164 Å². The molecule has 81 heavy (non-hydrogen) atoms. The lowest BCUT2D eigenvalue weighted by Gasteiger charge is -2.49. The van der Waals surface area contributed by atoms with Gasteiger partial charge in [-0.2, -0.15) is 0 Å². The fourth-order valence-corrected chi connectivity index (χ4v) is 12.6.